The lowest BCUT2D eigenvalue weighted by Crippen LogP contribution is -2.55. The van der Waals surface area contributed by atoms with Crippen LogP contribution in [0.5, 0.6) is 0 Å². The van der Waals surface area contributed by atoms with Crippen molar-refractivity contribution in [2.75, 3.05) is 39.4 Å². The van der Waals surface area contributed by atoms with Gasteiger partial charge in [-0.1, -0.05) is 0 Å². The van der Waals surface area contributed by atoms with Crippen LogP contribution in [0.4, 0.5) is 0 Å². The van der Waals surface area contributed by atoms with Crippen LogP contribution < -0.4 is 0 Å². The summed E-state index contributed by atoms with van der Waals surface area (Å²) < 4.78 is 11.5. The highest BCUT2D eigenvalue weighted by atomic mass is 17.0. The minimum Gasteiger partial charge on any atom is -0.371 e. The molecule has 4 rings (SSSR count). The van der Waals surface area contributed by atoms with Crippen molar-refractivity contribution in [3.63, 3.8) is 0 Å². The molecule has 146 valence electrons. The number of pyridine rings is 1. The van der Waals surface area contributed by atoms with Crippen LogP contribution in [0.15, 0.2) is 18.3 Å². The zero-order valence-electron chi connectivity index (χ0n) is 15.0. The van der Waals surface area contributed by atoms with Gasteiger partial charge in [-0.3, -0.25) is 14.7 Å². The highest BCUT2D eigenvalue weighted by molar-refractivity contribution is 5.94. The van der Waals surface area contributed by atoms with Gasteiger partial charge in [0, 0.05) is 38.1 Å². The number of amides is 1. The Labute approximate surface area is 156 Å². The normalized spacial score (nSPS) is 30.9. The fourth-order valence-electron chi connectivity index (χ4n) is 3.99. The van der Waals surface area contributed by atoms with Gasteiger partial charge in [0.15, 0.2) is 6.10 Å². The summed E-state index contributed by atoms with van der Waals surface area (Å²) >= 11 is 0. The summed E-state index contributed by atoms with van der Waals surface area (Å²) in [4.78, 5) is 36.1. The number of rotatable bonds is 4. The number of carbonyl (C=O) groups excluding carboxylic acids is 1. The average molecular weight is 378 g/mol. The van der Waals surface area contributed by atoms with Crippen molar-refractivity contribution in [3.8, 4) is 0 Å². The maximum atomic E-state index is 12.6. The molecule has 3 fully saturated rings. The molecule has 4 atom stereocenters. The Morgan fingerprint density at radius 2 is 1.96 bits per heavy atom. The van der Waals surface area contributed by atoms with E-state index in [2.05, 4.69) is 14.7 Å². The molecule has 0 spiro atoms. The van der Waals surface area contributed by atoms with Crippen molar-refractivity contribution in [3.05, 3.63) is 39.7 Å². The molecule has 10 heteroatoms. The largest absolute Gasteiger partial charge is 0.371 e. The quantitative estimate of drug-likeness (QED) is 0.528. The van der Waals surface area contributed by atoms with Gasteiger partial charge in [-0.05, 0) is 19.1 Å². The number of ether oxygens (including phenoxy) is 2. The van der Waals surface area contributed by atoms with Crippen LogP contribution in [0, 0.1) is 17.0 Å². The molecule has 0 bridgehead atoms. The number of hydrogen-bond acceptors (Lipinski definition) is 8. The van der Waals surface area contributed by atoms with E-state index >= 15 is 0 Å². The Morgan fingerprint density at radius 3 is 2.63 bits per heavy atom. The lowest BCUT2D eigenvalue weighted by molar-refractivity contribution is -0.769. The average Bonchev–Trinajstić information content (AvgIpc) is 3.25. The Bertz CT molecular complexity index is 706. The topological polar surface area (TPSA) is 107 Å². The van der Waals surface area contributed by atoms with Crippen LogP contribution >= 0.6 is 0 Å². The molecule has 27 heavy (non-hydrogen) atoms. The lowest BCUT2D eigenvalue weighted by Gasteiger charge is -2.38. The van der Waals surface area contributed by atoms with Crippen LogP contribution in [0.2, 0.25) is 0 Å². The van der Waals surface area contributed by atoms with Gasteiger partial charge in [0.25, 0.3) is 11.0 Å². The lowest BCUT2D eigenvalue weighted by atomic mass is 10.1. The van der Waals surface area contributed by atoms with E-state index in [0.717, 1.165) is 5.69 Å². The molecular weight excluding hydrogens is 356 g/mol. The SMILES string of the molecule is Cc1ccc(C(=O)N2CCN([C@H]3CO[C@H]4[C@@H]3OC[C@@H]4O[N+](=O)[O-])CC2)cn1. The van der Waals surface area contributed by atoms with Gasteiger partial charge < -0.3 is 19.2 Å². The molecule has 3 aliphatic heterocycles. The van der Waals surface area contributed by atoms with Crippen LogP contribution in [-0.2, 0) is 14.3 Å². The first kappa shape index (κ1) is 18.1. The molecule has 1 aromatic heterocycles. The molecule has 0 unspecified atom stereocenters. The predicted octanol–water partition coefficient (Wildman–Crippen LogP) is -0.109. The standard InChI is InChI=1S/C17H22N4O6/c1-11-2-3-12(8-18-11)17(22)20-6-4-19(5-7-20)13-9-25-16-14(27-21(23)24)10-26-15(13)16/h2-3,8,13-16H,4-7,9-10H2,1H3/t13-,14-,15+,16+/m0/s1. The molecule has 0 N–H and O–H groups in total. The number of hydrogen-bond donors (Lipinski definition) is 0. The number of nitrogens with zero attached hydrogens (tertiary/aromatic N) is 4. The molecule has 0 aliphatic carbocycles. The van der Waals surface area contributed by atoms with E-state index in [1.165, 1.54) is 0 Å². The van der Waals surface area contributed by atoms with E-state index in [1.54, 1.807) is 12.3 Å². The van der Waals surface area contributed by atoms with E-state index in [9.17, 15) is 14.9 Å². The van der Waals surface area contributed by atoms with Gasteiger partial charge in [0.05, 0.1) is 24.8 Å². The van der Waals surface area contributed by atoms with Crippen molar-refractivity contribution in [1.82, 2.24) is 14.8 Å². The number of aryl methyl sites for hydroxylation is 1. The van der Waals surface area contributed by atoms with E-state index in [4.69, 9.17) is 9.47 Å². The maximum Gasteiger partial charge on any atom is 0.294 e. The highest BCUT2D eigenvalue weighted by Crippen LogP contribution is 2.32. The molecular formula is C17H22N4O6. The molecule has 3 saturated heterocycles. The van der Waals surface area contributed by atoms with Crippen LogP contribution in [0.1, 0.15) is 16.1 Å². The summed E-state index contributed by atoms with van der Waals surface area (Å²) in [5.41, 5.74) is 1.47. The monoisotopic (exact) mass is 378 g/mol. The third-order valence-corrected chi connectivity index (χ3v) is 5.43. The van der Waals surface area contributed by atoms with Gasteiger partial charge in [0.2, 0.25) is 0 Å². The molecule has 1 amide bonds. The summed E-state index contributed by atoms with van der Waals surface area (Å²) in [6.07, 6.45) is 0.283. The number of piperazine rings is 1. The fourth-order valence-corrected chi connectivity index (χ4v) is 3.99. The molecule has 0 aromatic carbocycles. The predicted molar refractivity (Wildman–Crippen MR) is 91.6 cm³/mol. The van der Waals surface area contributed by atoms with Gasteiger partial charge in [-0.25, -0.2) is 0 Å². The van der Waals surface area contributed by atoms with E-state index in [-0.39, 0.29) is 24.7 Å². The second-order valence-electron chi connectivity index (χ2n) is 7.05. The Hall–Kier alpha value is -2.30. The molecule has 0 radical (unpaired) electrons. The Balaban J connectivity index is 1.33. The first-order valence-corrected chi connectivity index (χ1v) is 9.03. The van der Waals surface area contributed by atoms with Crippen molar-refractivity contribution in [1.29, 1.82) is 0 Å². The Morgan fingerprint density at radius 1 is 1.22 bits per heavy atom. The van der Waals surface area contributed by atoms with Gasteiger partial charge in [-0.15, -0.1) is 10.1 Å². The third kappa shape index (κ3) is 3.60. The number of fused-ring (bicyclic) bond motifs is 1. The fraction of sp³-hybridized carbons (Fsp3) is 0.647. The van der Waals surface area contributed by atoms with Crippen molar-refractivity contribution in [2.24, 2.45) is 0 Å². The molecule has 4 heterocycles. The molecule has 1 aromatic rings. The zero-order valence-corrected chi connectivity index (χ0v) is 15.0. The molecule has 10 nitrogen and oxygen atoms in total. The van der Waals surface area contributed by atoms with Gasteiger partial charge in [-0.2, -0.15) is 0 Å². The maximum absolute atomic E-state index is 12.6. The van der Waals surface area contributed by atoms with E-state index < -0.39 is 17.3 Å². The van der Waals surface area contributed by atoms with Crippen LogP contribution in [-0.4, -0.2) is 89.5 Å². The van der Waals surface area contributed by atoms with Crippen molar-refractivity contribution >= 4 is 5.91 Å². The number of aromatic nitrogens is 1. The third-order valence-electron chi connectivity index (χ3n) is 5.43. The first-order chi connectivity index (χ1) is 13.0. The molecule has 0 saturated carbocycles. The summed E-state index contributed by atoms with van der Waals surface area (Å²) in [6.45, 7) is 5.11. The summed E-state index contributed by atoms with van der Waals surface area (Å²) in [5.74, 6) is -0.0146. The minimum atomic E-state index is -0.794. The zero-order chi connectivity index (χ0) is 19.0. The summed E-state index contributed by atoms with van der Waals surface area (Å²) in [5, 5.41) is 9.79. The smallest absolute Gasteiger partial charge is 0.294 e. The Kier molecular flexibility index (Phi) is 4.94. The second kappa shape index (κ2) is 7.37. The first-order valence-electron chi connectivity index (χ1n) is 9.03. The molecule has 3 aliphatic rings. The van der Waals surface area contributed by atoms with Gasteiger partial charge >= 0.3 is 0 Å². The van der Waals surface area contributed by atoms with Gasteiger partial charge in [0.1, 0.15) is 12.2 Å². The summed E-state index contributed by atoms with van der Waals surface area (Å²) in [6, 6.07) is 3.66. The van der Waals surface area contributed by atoms with Crippen molar-refractivity contribution < 1.29 is 24.2 Å². The van der Waals surface area contributed by atoms with Crippen LogP contribution in [0.25, 0.3) is 0 Å². The minimum absolute atomic E-state index is 0.0146. The number of carbonyl (C=O) groups is 1. The van der Waals surface area contributed by atoms with E-state index in [0.29, 0.717) is 38.3 Å². The summed E-state index contributed by atoms with van der Waals surface area (Å²) in [7, 11) is 0. The highest BCUT2D eigenvalue weighted by Gasteiger charge is 2.51. The van der Waals surface area contributed by atoms with E-state index in [1.807, 2.05) is 17.9 Å². The van der Waals surface area contributed by atoms with Crippen LogP contribution in [0.3, 0.4) is 0 Å². The second-order valence-corrected chi connectivity index (χ2v) is 7.05. The van der Waals surface area contributed by atoms with Crippen molar-refractivity contribution in [2.45, 2.75) is 31.3 Å².